The zero-order valence-corrected chi connectivity index (χ0v) is 6.60. The lowest BCUT2D eigenvalue weighted by molar-refractivity contribution is -0.742. The van der Waals surface area contributed by atoms with Crippen molar-refractivity contribution in [3.05, 3.63) is 39.9 Å². The van der Waals surface area contributed by atoms with Crippen molar-refractivity contribution in [2.45, 2.75) is 6.92 Å². The number of rotatable bonds is 0. The first-order chi connectivity index (χ1) is 5.52. The molecule has 0 bridgehead atoms. The molecule has 0 fully saturated rings. The first-order valence-corrected chi connectivity index (χ1v) is 3.18. The van der Waals surface area contributed by atoms with E-state index in [1.54, 1.807) is 0 Å². The number of anilines is 1. The van der Waals surface area contributed by atoms with Crippen LogP contribution in [0.1, 0.15) is 5.56 Å². The van der Waals surface area contributed by atoms with Gasteiger partial charge in [-0.15, -0.1) is 10.1 Å². The Hall–Kier alpha value is -1.78. The molecule has 66 valence electrons. The fourth-order valence-electron chi connectivity index (χ4n) is 0.566. The molecule has 0 unspecified atom stereocenters. The van der Waals surface area contributed by atoms with Crippen LogP contribution in [0.4, 0.5) is 5.69 Å². The highest BCUT2D eigenvalue weighted by Crippen LogP contribution is 2.02. The first-order valence-electron chi connectivity index (χ1n) is 3.18. The summed E-state index contributed by atoms with van der Waals surface area (Å²) in [5.41, 5.74) is 7.51. The Balaban J connectivity index is 0.000000261. The fourth-order valence-corrected chi connectivity index (χ4v) is 0.566. The van der Waals surface area contributed by atoms with Gasteiger partial charge in [-0.1, -0.05) is 17.7 Å². The number of nitrogens with two attached hydrogens (primary N) is 1. The molecule has 0 aromatic heterocycles. The summed E-state index contributed by atoms with van der Waals surface area (Å²) in [4.78, 5) is 8.36. The molecule has 0 heterocycles. The lowest BCUT2D eigenvalue weighted by Crippen LogP contribution is -1.81. The van der Waals surface area contributed by atoms with Crippen LogP contribution in [0, 0.1) is 17.0 Å². The SMILES string of the molecule is Cc1ccc(N)cc1.O=[N+]([O-])O. The molecule has 0 atom stereocenters. The normalized spacial score (nSPS) is 8.08. The van der Waals surface area contributed by atoms with Crippen molar-refractivity contribution < 1.29 is 10.3 Å². The molecule has 0 aliphatic carbocycles. The van der Waals surface area contributed by atoms with E-state index in [-0.39, 0.29) is 0 Å². The maximum atomic E-state index is 8.36. The second-order valence-corrected chi connectivity index (χ2v) is 2.15. The molecular formula is C7H10N2O3. The molecule has 1 aromatic carbocycles. The topological polar surface area (TPSA) is 89.4 Å². The number of nitrogen functional groups attached to an aromatic ring is 1. The fraction of sp³-hybridized carbons (Fsp3) is 0.143. The van der Waals surface area contributed by atoms with Crippen molar-refractivity contribution in [1.82, 2.24) is 0 Å². The lowest BCUT2D eigenvalue weighted by Gasteiger charge is -1.90. The molecule has 0 amide bonds. The zero-order chi connectivity index (χ0) is 9.56. The Morgan fingerprint density at radius 2 is 1.75 bits per heavy atom. The standard InChI is InChI=1S/C7H9N.HNO3/c1-6-2-4-7(8)5-3-6;2-1(3)4/h2-5H,8H2,1H3;(H,2,3,4). The van der Waals surface area contributed by atoms with Crippen LogP contribution in [-0.4, -0.2) is 10.3 Å². The van der Waals surface area contributed by atoms with E-state index in [1.165, 1.54) is 5.56 Å². The molecule has 12 heavy (non-hydrogen) atoms. The van der Waals surface area contributed by atoms with Gasteiger partial charge in [-0.2, -0.15) is 0 Å². The largest absolute Gasteiger partial charge is 0.399 e. The van der Waals surface area contributed by atoms with Crippen LogP contribution >= 0.6 is 0 Å². The van der Waals surface area contributed by atoms with Crippen molar-refractivity contribution in [3.8, 4) is 0 Å². The highest BCUT2D eigenvalue weighted by atomic mass is 16.9. The van der Waals surface area contributed by atoms with Gasteiger partial charge < -0.3 is 10.9 Å². The van der Waals surface area contributed by atoms with Crippen LogP contribution in [0.3, 0.4) is 0 Å². The Labute approximate surface area is 69.5 Å². The minimum Gasteiger partial charge on any atom is -0.399 e. The molecule has 0 spiro atoms. The quantitative estimate of drug-likeness (QED) is 0.348. The number of hydrogen-bond donors (Lipinski definition) is 2. The summed E-state index contributed by atoms with van der Waals surface area (Å²) in [5, 5.41) is 13.6. The minimum atomic E-state index is -1.50. The lowest BCUT2D eigenvalue weighted by atomic mass is 10.2. The summed E-state index contributed by atoms with van der Waals surface area (Å²) in [6.07, 6.45) is 0. The van der Waals surface area contributed by atoms with Crippen LogP contribution in [-0.2, 0) is 0 Å². The van der Waals surface area contributed by atoms with Gasteiger partial charge in [0.25, 0.3) is 5.09 Å². The van der Waals surface area contributed by atoms with Gasteiger partial charge in [0.05, 0.1) is 0 Å². The van der Waals surface area contributed by atoms with Gasteiger partial charge >= 0.3 is 0 Å². The molecule has 0 aliphatic rings. The van der Waals surface area contributed by atoms with E-state index in [0.29, 0.717) is 0 Å². The summed E-state index contributed by atoms with van der Waals surface area (Å²) >= 11 is 0. The molecule has 5 nitrogen and oxygen atoms in total. The van der Waals surface area contributed by atoms with Gasteiger partial charge in [0.1, 0.15) is 0 Å². The summed E-state index contributed by atoms with van der Waals surface area (Å²) in [6, 6.07) is 7.79. The summed E-state index contributed by atoms with van der Waals surface area (Å²) < 4.78 is 0. The van der Waals surface area contributed by atoms with Gasteiger partial charge in [0.15, 0.2) is 0 Å². The molecule has 0 aliphatic heterocycles. The highest BCUT2D eigenvalue weighted by Gasteiger charge is 1.80. The van der Waals surface area contributed by atoms with Crippen molar-refractivity contribution in [2.75, 3.05) is 5.73 Å². The number of aryl methyl sites for hydroxylation is 1. The molecule has 1 rings (SSSR count). The summed E-state index contributed by atoms with van der Waals surface area (Å²) in [6.45, 7) is 2.04. The third-order valence-corrected chi connectivity index (χ3v) is 1.08. The average Bonchev–Trinajstić information content (AvgIpc) is 1.94. The third-order valence-electron chi connectivity index (χ3n) is 1.08. The Morgan fingerprint density at radius 3 is 2.00 bits per heavy atom. The van der Waals surface area contributed by atoms with Gasteiger partial charge in [-0.25, -0.2) is 0 Å². The van der Waals surface area contributed by atoms with Gasteiger partial charge in [-0.05, 0) is 19.1 Å². The molecular weight excluding hydrogens is 160 g/mol. The molecule has 5 heteroatoms. The van der Waals surface area contributed by atoms with Gasteiger partial charge in [0, 0.05) is 5.69 Å². The van der Waals surface area contributed by atoms with Crippen LogP contribution in [0.15, 0.2) is 24.3 Å². The molecule has 3 N–H and O–H groups in total. The first kappa shape index (κ1) is 10.2. The van der Waals surface area contributed by atoms with E-state index >= 15 is 0 Å². The van der Waals surface area contributed by atoms with E-state index in [2.05, 4.69) is 0 Å². The highest BCUT2D eigenvalue weighted by molar-refractivity contribution is 5.38. The Bertz CT molecular complexity index is 220. The Kier molecular flexibility index (Phi) is 4.21. The van der Waals surface area contributed by atoms with E-state index in [0.717, 1.165) is 5.69 Å². The maximum absolute atomic E-state index is 8.36. The predicted molar refractivity (Wildman–Crippen MR) is 44.4 cm³/mol. The Morgan fingerprint density at radius 1 is 1.42 bits per heavy atom. The maximum Gasteiger partial charge on any atom is 0.291 e. The molecule has 0 radical (unpaired) electrons. The minimum absolute atomic E-state index is 0.829. The second kappa shape index (κ2) is 4.95. The summed E-state index contributed by atoms with van der Waals surface area (Å²) in [7, 11) is 0. The summed E-state index contributed by atoms with van der Waals surface area (Å²) in [5.74, 6) is 0. The van der Waals surface area contributed by atoms with E-state index in [1.807, 2.05) is 31.2 Å². The van der Waals surface area contributed by atoms with Crippen LogP contribution in [0.25, 0.3) is 0 Å². The number of hydrogen-bond acceptors (Lipinski definition) is 3. The molecule has 1 aromatic rings. The second-order valence-electron chi connectivity index (χ2n) is 2.15. The van der Waals surface area contributed by atoms with E-state index in [9.17, 15) is 0 Å². The molecule has 0 saturated heterocycles. The van der Waals surface area contributed by atoms with Crippen LogP contribution in [0.2, 0.25) is 0 Å². The van der Waals surface area contributed by atoms with Crippen molar-refractivity contribution in [3.63, 3.8) is 0 Å². The van der Waals surface area contributed by atoms with E-state index < -0.39 is 5.09 Å². The van der Waals surface area contributed by atoms with Crippen molar-refractivity contribution >= 4 is 5.69 Å². The average molecular weight is 170 g/mol. The van der Waals surface area contributed by atoms with Gasteiger partial charge in [0.2, 0.25) is 0 Å². The predicted octanol–water partition coefficient (Wildman–Crippen LogP) is 1.23. The number of benzene rings is 1. The third kappa shape index (κ3) is 6.34. The number of nitrogens with zero attached hydrogens (tertiary/aromatic N) is 1. The monoisotopic (exact) mass is 170 g/mol. The van der Waals surface area contributed by atoms with Crippen LogP contribution < -0.4 is 5.73 Å². The van der Waals surface area contributed by atoms with Crippen molar-refractivity contribution in [1.29, 1.82) is 0 Å². The zero-order valence-electron chi connectivity index (χ0n) is 6.60. The van der Waals surface area contributed by atoms with Gasteiger partial charge in [-0.3, -0.25) is 0 Å². The van der Waals surface area contributed by atoms with E-state index in [4.69, 9.17) is 21.1 Å². The van der Waals surface area contributed by atoms with Crippen LogP contribution in [0.5, 0.6) is 0 Å². The molecule has 0 saturated carbocycles. The smallest absolute Gasteiger partial charge is 0.291 e. The van der Waals surface area contributed by atoms with Crippen molar-refractivity contribution in [2.24, 2.45) is 0 Å².